The largest absolute Gasteiger partial charge is 0.357 e. The van der Waals surface area contributed by atoms with Crippen LogP contribution in [0.5, 0.6) is 0 Å². The minimum Gasteiger partial charge on any atom is -0.357 e. The van der Waals surface area contributed by atoms with Crippen molar-refractivity contribution in [3.63, 3.8) is 0 Å². The van der Waals surface area contributed by atoms with Crippen molar-refractivity contribution in [1.29, 1.82) is 0 Å². The summed E-state index contributed by atoms with van der Waals surface area (Å²) in [6, 6.07) is 6.64. The number of aryl methyl sites for hydroxylation is 2. The first-order valence-electron chi connectivity index (χ1n) is 8.86. The molecule has 0 amide bonds. The molecule has 1 aromatic heterocycles. The lowest BCUT2D eigenvalue weighted by atomic mass is 10.2. The molecule has 0 unspecified atom stereocenters. The van der Waals surface area contributed by atoms with E-state index in [-0.39, 0.29) is 5.82 Å². The Kier molecular flexibility index (Phi) is 8.00. The highest BCUT2D eigenvalue weighted by Crippen LogP contribution is 2.16. The van der Waals surface area contributed by atoms with Crippen LogP contribution in [0.1, 0.15) is 28.1 Å². The summed E-state index contributed by atoms with van der Waals surface area (Å²) in [5.41, 5.74) is 2.18. The number of aromatic nitrogens is 1. The van der Waals surface area contributed by atoms with Crippen LogP contribution in [-0.2, 0) is 13.1 Å². The van der Waals surface area contributed by atoms with Gasteiger partial charge in [0, 0.05) is 31.1 Å². The molecule has 0 aliphatic rings. The van der Waals surface area contributed by atoms with Crippen LogP contribution < -0.4 is 10.6 Å². The predicted octanol–water partition coefficient (Wildman–Crippen LogP) is 3.09. The predicted molar refractivity (Wildman–Crippen MR) is 107 cm³/mol. The Labute approximate surface area is 159 Å². The van der Waals surface area contributed by atoms with Crippen molar-refractivity contribution in [2.45, 2.75) is 33.9 Å². The molecule has 5 nitrogen and oxygen atoms in total. The first-order valence-corrected chi connectivity index (χ1v) is 9.67. The van der Waals surface area contributed by atoms with E-state index in [0.717, 1.165) is 48.4 Å². The van der Waals surface area contributed by atoms with Crippen molar-refractivity contribution < 1.29 is 4.39 Å². The molecular formula is C19H28FN5S. The number of hydrogen-bond donors (Lipinski definition) is 2. The van der Waals surface area contributed by atoms with Gasteiger partial charge in [0.05, 0.1) is 12.2 Å². The number of aliphatic imine (C=N–C) groups is 1. The maximum Gasteiger partial charge on any atom is 0.191 e. The van der Waals surface area contributed by atoms with Gasteiger partial charge in [-0.05, 0) is 45.5 Å². The lowest BCUT2D eigenvalue weighted by Crippen LogP contribution is -2.40. The number of likely N-dealkylation sites (N-methyl/N-ethyl adjacent to an activating group) is 1. The summed E-state index contributed by atoms with van der Waals surface area (Å²) in [6.07, 6.45) is 0. The molecule has 0 aliphatic carbocycles. The Morgan fingerprint density at radius 2 is 1.96 bits per heavy atom. The quantitative estimate of drug-likeness (QED) is 0.548. The van der Waals surface area contributed by atoms with Gasteiger partial charge in [-0.2, -0.15) is 0 Å². The fraction of sp³-hybridized carbons (Fsp3) is 0.474. The Hall–Kier alpha value is -1.99. The van der Waals surface area contributed by atoms with E-state index in [1.807, 2.05) is 19.1 Å². The molecule has 0 atom stereocenters. The number of thiazole rings is 1. The molecular weight excluding hydrogens is 349 g/mol. The number of rotatable bonds is 8. The molecule has 2 aromatic rings. The van der Waals surface area contributed by atoms with Gasteiger partial charge in [-0.3, -0.25) is 0 Å². The normalized spacial score (nSPS) is 11.8. The van der Waals surface area contributed by atoms with E-state index in [0.29, 0.717) is 6.54 Å². The molecule has 142 valence electrons. The van der Waals surface area contributed by atoms with Crippen LogP contribution in [0, 0.1) is 19.7 Å². The van der Waals surface area contributed by atoms with Gasteiger partial charge in [0.15, 0.2) is 5.96 Å². The Morgan fingerprint density at radius 3 is 2.58 bits per heavy atom. The summed E-state index contributed by atoms with van der Waals surface area (Å²) in [5.74, 6) is 0.600. The van der Waals surface area contributed by atoms with Crippen molar-refractivity contribution in [2.75, 3.05) is 26.7 Å². The van der Waals surface area contributed by atoms with Crippen LogP contribution in [0.3, 0.4) is 0 Å². The Bertz CT molecular complexity index is 692. The monoisotopic (exact) mass is 377 g/mol. The standard InChI is InChI=1S/C19H28FN5S/c1-5-21-19(23-12-18-24-14(2)15(3)26-18)22-10-11-25(4)13-16-6-8-17(20)9-7-16/h6-9H,5,10-13H2,1-4H3,(H2,21,22,23). The van der Waals surface area contributed by atoms with Crippen LogP contribution in [0.4, 0.5) is 4.39 Å². The third-order valence-corrected chi connectivity index (χ3v) is 5.00. The zero-order chi connectivity index (χ0) is 18.9. The van der Waals surface area contributed by atoms with Gasteiger partial charge in [-0.25, -0.2) is 14.4 Å². The number of nitrogens with zero attached hydrogens (tertiary/aromatic N) is 3. The summed E-state index contributed by atoms with van der Waals surface area (Å²) in [7, 11) is 2.05. The second-order valence-corrected chi connectivity index (χ2v) is 7.52. The molecule has 26 heavy (non-hydrogen) atoms. The third-order valence-electron chi connectivity index (χ3n) is 3.94. The second kappa shape index (κ2) is 10.2. The fourth-order valence-corrected chi connectivity index (χ4v) is 3.30. The molecule has 2 rings (SSSR count). The van der Waals surface area contributed by atoms with E-state index in [2.05, 4.69) is 46.4 Å². The van der Waals surface area contributed by atoms with Crippen LogP contribution in [0.25, 0.3) is 0 Å². The third kappa shape index (κ3) is 6.72. The lowest BCUT2D eigenvalue weighted by molar-refractivity contribution is 0.331. The molecule has 0 aliphatic heterocycles. The average molecular weight is 378 g/mol. The van der Waals surface area contributed by atoms with Crippen LogP contribution in [0.2, 0.25) is 0 Å². The van der Waals surface area contributed by atoms with Crippen molar-refractivity contribution in [2.24, 2.45) is 4.99 Å². The summed E-state index contributed by atoms with van der Waals surface area (Å²) in [4.78, 5) is 12.6. The Balaban J connectivity index is 1.79. The highest BCUT2D eigenvalue weighted by atomic mass is 32.1. The van der Waals surface area contributed by atoms with Crippen molar-refractivity contribution in [3.8, 4) is 0 Å². The zero-order valence-corrected chi connectivity index (χ0v) is 16.8. The molecule has 1 aromatic carbocycles. The summed E-state index contributed by atoms with van der Waals surface area (Å²) in [6.45, 7) is 9.98. The summed E-state index contributed by atoms with van der Waals surface area (Å²) < 4.78 is 13.0. The topological polar surface area (TPSA) is 52.6 Å². The molecule has 0 bridgehead atoms. The molecule has 0 fully saturated rings. The maximum atomic E-state index is 13.0. The summed E-state index contributed by atoms with van der Waals surface area (Å²) in [5, 5.41) is 7.64. The van der Waals surface area contributed by atoms with E-state index in [9.17, 15) is 4.39 Å². The number of benzene rings is 1. The number of hydrogen-bond acceptors (Lipinski definition) is 4. The molecule has 0 radical (unpaired) electrons. The molecule has 7 heteroatoms. The van der Waals surface area contributed by atoms with Crippen molar-refractivity contribution in [1.82, 2.24) is 20.5 Å². The molecule has 0 spiro atoms. The average Bonchev–Trinajstić information content (AvgIpc) is 2.93. The van der Waals surface area contributed by atoms with Gasteiger partial charge in [0.1, 0.15) is 10.8 Å². The molecule has 0 saturated carbocycles. The van der Waals surface area contributed by atoms with E-state index in [1.54, 1.807) is 11.3 Å². The number of guanidine groups is 1. The lowest BCUT2D eigenvalue weighted by Gasteiger charge is -2.18. The van der Waals surface area contributed by atoms with Gasteiger partial charge in [0.25, 0.3) is 0 Å². The van der Waals surface area contributed by atoms with Gasteiger partial charge < -0.3 is 15.5 Å². The van der Waals surface area contributed by atoms with Gasteiger partial charge >= 0.3 is 0 Å². The summed E-state index contributed by atoms with van der Waals surface area (Å²) >= 11 is 1.70. The van der Waals surface area contributed by atoms with Gasteiger partial charge in [-0.1, -0.05) is 12.1 Å². The van der Waals surface area contributed by atoms with Crippen molar-refractivity contribution in [3.05, 3.63) is 51.2 Å². The smallest absolute Gasteiger partial charge is 0.191 e. The number of halogens is 1. The molecule has 2 N–H and O–H groups in total. The van der Waals surface area contributed by atoms with Crippen LogP contribution in [0.15, 0.2) is 29.3 Å². The highest BCUT2D eigenvalue weighted by molar-refractivity contribution is 7.11. The van der Waals surface area contributed by atoms with E-state index in [4.69, 9.17) is 0 Å². The maximum absolute atomic E-state index is 13.0. The second-order valence-electron chi connectivity index (χ2n) is 6.24. The van der Waals surface area contributed by atoms with Gasteiger partial charge in [-0.15, -0.1) is 11.3 Å². The highest BCUT2D eigenvalue weighted by Gasteiger charge is 2.05. The minimum absolute atomic E-state index is 0.199. The first kappa shape index (κ1) is 20.3. The van der Waals surface area contributed by atoms with E-state index in [1.165, 1.54) is 17.0 Å². The van der Waals surface area contributed by atoms with Gasteiger partial charge in [0.2, 0.25) is 0 Å². The van der Waals surface area contributed by atoms with E-state index < -0.39 is 0 Å². The van der Waals surface area contributed by atoms with E-state index >= 15 is 0 Å². The zero-order valence-electron chi connectivity index (χ0n) is 16.0. The van der Waals surface area contributed by atoms with Crippen molar-refractivity contribution >= 4 is 17.3 Å². The van der Waals surface area contributed by atoms with Crippen LogP contribution >= 0.6 is 11.3 Å². The first-order chi connectivity index (χ1) is 12.5. The molecule has 0 saturated heterocycles. The van der Waals surface area contributed by atoms with Crippen LogP contribution in [-0.4, -0.2) is 42.5 Å². The Morgan fingerprint density at radius 1 is 1.23 bits per heavy atom. The number of nitrogens with one attached hydrogen (secondary N) is 2. The SMILES string of the molecule is CCNC(=NCc1nc(C)c(C)s1)NCCN(C)Cc1ccc(F)cc1. The minimum atomic E-state index is -0.199. The fourth-order valence-electron chi connectivity index (χ4n) is 2.44. The molecule has 1 heterocycles.